The van der Waals surface area contributed by atoms with Crippen molar-refractivity contribution in [2.24, 2.45) is 21.7 Å². The standard InChI is InChI=1S/C14H19IN4O4/c1-3-21-11-6-9(7-18-19-14(16)17)5-10(15)13(11)23-8-12(20)22-4-2/h5-7H,3-4,8H2,1-2H3,(H4,16,17,19). The Balaban J connectivity index is 2.99. The molecular formula is C14H19IN4O4. The Morgan fingerprint density at radius 2 is 2.00 bits per heavy atom. The molecule has 0 unspecified atom stereocenters. The number of hydrogen-bond donors (Lipinski definition) is 2. The molecule has 0 atom stereocenters. The van der Waals surface area contributed by atoms with Crippen LogP contribution in [0.25, 0.3) is 0 Å². The number of ether oxygens (including phenoxy) is 3. The molecule has 0 spiro atoms. The zero-order valence-electron chi connectivity index (χ0n) is 12.9. The predicted molar refractivity (Wildman–Crippen MR) is 95.9 cm³/mol. The fourth-order valence-corrected chi connectivity index (χ4v) is 2.34. The Morgan fingerprint density at radius 1 is 1.26 bits per heavy atom. The first-order valence-corrected chi connectivity index (χ1v) is 7.92. The molecule has 0 heterocycles. The van der Waals surface area contributed by atoms with Gasteiger partial charge in [0.05, 0.1) is 23.0 Å². The summed E-state index contributed by atoms with van der Waals surface area (Å²) in [5.41, 5.74) is 11.1. The molecule has 4 N–H and O–H groups in total. The number of benzene rings is 1. The Kier molecular flexibility index (Phi) is 8.16. The van der Waals surface area contributed by atoms with E-state index >= 15 is 0 Å². The highest BCUT2D eigenvalue weighted by atomic mass is 127. The zero-order valence-corrected chi connectivity index (χ0v) is 15.1. The van der Waals surface area contributed by atoms with Crippen molar-refractivity contribution in [3.8, 4) is 11.5 Å². The van der Waals surface area contributed by atoms with Crippen molar-refractivity contribution in [3.63, 3.8) is 0 Å². The fourth-order valence-electron chi connectivity index (χ4n) is 1.56. The Bertz CT molecular complexity index is 601. The summed E-state index contributed by atoms with van der Waals surface area (Å²) < 4.78 is 16.7. The third-order valence-corrected chi connectivity index (χ3v) is 3.15. The molecule has 0 bridgehead atoms. The molecule has 0 aliphatic rings. The highest BCUT2D eigenvalue weighted by Crippen LogP contribution is 2.34. The molecule has 8 nitrogen and oxygen atoms in total. The Labute approximate surface area is 148 Å². The summed E-state index contributed by atoms with van der Waals surface area (Å²) in [6.07, 6.45) is 1.49. The quantitative estimate of drug-likeness (QED) is 0.209. The highest BCUT2D eigenvalue weighted by molar-refractivity contribution is 14.1. The highest BCUT2D eigenvalue weighted by Gasteiger charge is 2.14. The summed E-state index contributed by atoms with van der Waals surface area (Å²) in [5.74, 6) is 0.397. The smallest absolute Gasteiger partial charge is 0.344 e. The molecular weight excluding hydrogens is 415 g/mol. The third kappa shape index (κ3) is 6.72. The summed E-state index contributed by atoms with van der Waals surface area (Å²) in [4.78, 5) is 11.4. The lowest BCUT2D eigenvalue weighted by Gasteiger charge is -2.14. The van der Waals surface area contributed by atoms with Gasteiger partial charge in [-0.15, -0.1) is 5.10 Å². The molecule has 0 radical (unpaired) electrons. The molecule has 0 aliphatic carbocycles. The van der Waals surface area contributed by atoms with Crippen LogP contribution in [-0.4, -0.2) is 38.0 Å². The van der Waals surface area contributed by atoms with E-state index in [2.05, 4.69) is 32.8 Å². The average molecular weight is 434 g/mol. The van der Waals surface area contributed by atoms with Gasteiger partial charge in [0.25, 0.3) is 0 Å². The molecule has 1 aromatic carbocycles. The first kappa shape index (κ1) is 19.0. The van der Waals surface area contributed by atoms with E-state index in [9.17, 15) is 4.79 Å². The number of esters is 1. The molecule has 23 heavy (non-hydrogen) atoms. The molecule has 126 valence electrons. The van der Waals surface area contributed by atoms with Crippen LogP contribution in [0.1, 0.15) is 19.4 Å². The van der Waals surface area contributed by atoms with E-state index in [0.29, 0.717) is 24.7 Å². The molecule has 0 fully saturated rings. The van der Waals surface area contributed by atoms with Crippen LogP contribution in [0.2, 0.25) is 0 Å². The minimum absolute atomic E-state index is 0.129. The van der Waals surface area contributed by atoms with Crippen molar-refractivity contribution in [3.05, 3.63) is 21.3 Å². The third-order valence-electron chi connectivity index (χ3n) is 2.35. The van der Waals surface area contributed by atoms with Gasteiger partial charge in [0.15, 0.2) is 18.1 Å². The van der Waals surface area contributed by atoms with Gasteiger partial charge in [-0.1, -0.05) is 0 Å². The van der Waals surface area contributed by atoms with Crippen LogP contribution in [0.3, 0.4) is 0 Å². The topological polar surface area (TPSA) is 122 Å². The van der Waals surface area contributed by atoms with Crippen molar-refractivity contribution in [1.29, 1.82) is 0 Å². The molecule has 0 aliphatic heterocycles. The molecule has 1 rings (SSSR count). The minimum atomic E-state index is -0.441. The number of rotatable bonds is 8. The number of hydrogen-bond acceptors (Lipinski definition) is 6. The maximum Gasteiger partial charge on any atom is 0.344 e. The van der Waals surface area contributed by atoms with Crippen molar-refractivity contribution >= 4 is 40.7 Å². The fraction of sp³-hybridized carbons (Fsp3) is 0.357. The molecule has 0 saturated heterocycles. The maximum atomic E-state index is 11.4. The summed E-state index contributed by atoms with van der Waals surface area (Å²) in [6.45, 7) is 4.14. The molecule has 0 aromatic heterocycles. The number of carbonyl (C=O) groups is 1. The lowest BCUT2D eigenvalue weighted by molar-refractivity contribution is -0.145. The van der Waals surface area contributed by atoms with E-state index < -0.39 is 5.97 Å². The van der Waals surface area contributed by atoms with Gasteiger partial charge in [0.2, 0.25) is 5.96 Å². The second-order valence-corrected chi connectivity index (χ2v) is 5.29. The number of carbonyl (C=O) groups excluding carboxylic acids is 1. The number of halogens is 1. The second kappa shape index (κ2) is 9.87. The van der Waals surface area contributed by atoms with Gasteiger partial charge in [0, 0.05) is 0 Å². The maximum absolute atomic E-state index is 11.4. The van der Waals surface area contributed by atoms with E-state index in [1.54, 1.807) is 19.1 Å². The van der Waals surface area contributed by atoms with Crippen LogP contribution in [0.15, 0.2) is 22.3 Å². The van der Waals surface area contributed by atoms with Crippen LogP contribution in [0.4, 0.5) is 0 Å². The summed E-state index contributed by atoms with van der Waals surface area (Å²) >= 11 is 2.08. The van der Waals surface area contributed by atoms with Crippen molar-refractivity contribution in [1.82, 2.24) is 0 Å². The van der Waals surface area contributed by atoms with Crippen LogP contribution in [0.5, 0.6) is 11.5 Å². The SMILES string of the molecule is CCOC(=O)COc1c(I)cc(C=NN=C(N)N)cc1OCC. The van der Waals surface area contributed by atoms with Gasteiger partial charge in [-0.05, 0) is 54.1 Å². The zero-order chi connectivity index (χ0) is 17.2. The van der Waals surface area contributed by atoms with Gasteiger partial charge in [-0.2, -0.15) is 5.10 Å². The largest absolute Gasteiger partial charge is 0.490 e. The molecule has 1 aromatic rings. The van der Waals surface area contributed by atoms with Gasteiger partial charge in [-0.3, -0.25) is 0 Å². The van der Waals surface area contributed by atoms with Crippen molar-refractivity contribution in [2.45, 2.75) is 13.8 Å². The monoisotopic (exact) mass is 434 g/mol. The first-order chi connectivity index (χ1) is 11.0. The van der Waals surface area contributed by atoms with E-state index in [0.717, 1.165) is 9.13 Å². The van der Waals surface area contributed by atoms with Gasteiger partial charge in [-0.25, -0.2) is 4.79 Å². The van der Waals surface area contributed by atoms with Crippen LogP contribution in [0, 0.1) is 3.57 Å². The van der Waals surface area contributed by atoms with E-state index in [4.69, 9.17) is 25.7 Å². The normalized spacial score (nSPS) is 10.4. The Hall–Kier alpha value is -2.04. The van der Waals surface area contributed by atoms with Gasteiger partial charge < -0.3 is 25.7 Å². The van der Waals surface area contributed by atoms with Crippen LogP contribution >= 0.6 is 22.6 Å². The molecule has 0 amide bonds. The summed E-state index contributed by atoms with van der Waals surface area (Å²) in [7, 11) is 0. The molecule has 0 saturated carbocycles. The average Bonchev–Trinajstić information content (AvgIpc) is 2.46. The summed E-state index contributed by atoms with van der Waals surface area (Å²) in [5, 5.41) is 7.28. The van der Waals surface area contributed by atoms with E-state index in [1.807, 2.05) is 6.92 Å². The van der Waals surface area contributed by atoms with Gasteiger partial charge >= 0.3 is 5.97 Å². The second-order valence-electron chi connectivity index (χ2n) is 4.13. The number of nitrogens with two attached hydrogens (primary N) is 2. The van der Waals surface area contributed by atoms with Crippen molar-refractivity contribution in [2.75, 3.05) is 19.8 Å². The number of nitrogens with zero attached hydrogens (tertiary/aromatic N) is 2. The predicted octanol–water partition coefficient (Wildman–Crippen LogP) is 1.24. The van der Waals surface area contributed by atoms with E-state index in [1.165, 1.54) is 6.21 Å². The van der Waals surface area contributed by atoms with Crippen LogP contribution < -0.4 is 20.9 Å². The molecule has 9 heteroatoms. The van der Waals surface area contributed by atoms with Gasteiger partial charge in [0.1, 0.15) is 0 Å². The minimum Gasteiger partial charge on any atom is -0.490 e. The van der Waals surface area contributed by atoms with E-state index in [-0.39, 0.29) is 12.6 Å². The van der Waals surface area contributed by atoms with Crippen LogP contribution in [-0.2, 0) is 9.53 Å². The Morgan fingerprint density at radius 3 is 2.61 bits per heavy atom. The van der Waals surface area contributed by atoms with Crippen molar-refractivity contribution < 1.29 is 19.0 Å². The summed E-state index contributed by atoms with van der Waals surface area (Å²) in [6, 6.07) is 3.52. The lowest BCUT2D eigenvalue weighted by atomic mass is 10.2. The number of guanidine groups is 1. The lowest BCUT2D eigenvalue weighted by Crippen LogP contribution is -2.21. The first-order valence-electron chi connectivity index (χ1n) is 6.84.